The zero-order valence-electron chi connectivity index (χ0n) is 10.4. The van der Waals surface area contributed by atoms with E-state index in [-0.39, 0.29) is 0 Å². The first-order chi connectivity index (χ1) is 7.74. The van der Waals surface area contributed by atoms with Crippen LogP contribution < -0.4 is 5.32 Å². The molecule has 90 valence electrons. The van der Waals surface area contributed by atoms with Gasteiger partial charge in [0, 0.05) is 12.5 Å². The summed E-state index contributed by atoms with van der Waals surface area (Å²) in [4.78, 5) is 0. The minimum atomic E-state index is 0.516. The summed E-state index contributed by atoms with van der Waals surface area (Å²) in [6, 6.07) is 4.53. The Morgan fingerprint density at radius 1 is 1.50 bits per heavy atom. The molecular weight excluding hydrogens is 198 g/mol. The van der Waals surface area contributed by atoms with Gasteiger partial charge in [0.25, 0.3) is 0 Å². The van der Waals surface area contributed by atoms with Crippen molar-refractivity contribution in [2.24, 2.45) is 11.8 Å². The molecule has 1 saturated carbocycles. The quantitative estimate of drug-likeness (QED) is 0.825. The van der Waals surface area contributed by atoms with Gasteiger partial charge in [-0.1, -0.05) is 13.3 Å². The molecule has 16 heavy (non-hydrogen) atoms. The van der Waals surface area contributed by atoms with Crippen molar-refractivity contribution >= 4 is 0 Å². The first-order valence-corrected chi connectivity index (χ1v) is 6.50. The maximum absolute atomic E-state index is 5.35. The Bertz CT molecular complexity index is 294. The van der Waals surface area contributed by atoms with Crippen molar-refractivity contribution < 1.29 is 4.42 Å². The lowest BCUT2D eigenvalue weighted by atomic mass is 10.1. The highest BCUT2D eigenvalue weighted by molar-refractivity contribution is 4.99. The molecule has 1 aliphatic carbocycles. The molecule has 1 fully saturated rings. The van der Waals surface area contributed by atoms with Crippen molar-refractivity contribution in [3.05, 3.63) is 24.2 Å². The minimum absolute atomic E-state index is 0.516. The summed E-state index contributed by atoms with van der Waals surface area (Å²) >= 11 is 0. The summed E-state index contributed by atoms with van der Waals surface area (Å²) in [7, 11) is 0. The van der Waals surface area contributed by atoms with Crippen LogP contribution in [0.2, 0.25) is 0 Å². The van der Waals surface area contributed by atoms with Crippen LogP contribution in [-0.4, -0.2) is 12.6 Å². The number of hydrogen-bond donors (Lipinski definition) is 1. The molecule has 0 radical (unpaired) electrons. The third-order valence-electron chi connectivity index (χ3n) is 3.65. The molecule has 3 unspecified atom stereocenters. The molecule has 1 heterocycles. The van der Waals surface area contributed by atoms with E-state index in [2.05, 4.69) is 25.2 Å². The SMILES string of the molecule is CC1CCC(CNC(C)Cc2ccco2)C1. The van der Waals surface area contributed by atoms with Gasteiger partial charge in [-0.3, -0.25) is 0 Å². The Hall–Kier alpha value is -0.760. The van der Waals surface area contributed by atoms with Gasteiger partial charge < -0.3 is 9.73 Å². The fourth-order valence-electron chi connectivity index (χ4n) is 2.68. The second-order valence-corrected chi connectivity index (χ2v) is 5.38. The highest BCUT2D eigenvalue weighted by Gasteiger charge is 2.21. The molecule has 0 aromatic carbocycles. The molecule has 2 rings (SSSR count). The predicted octanol–water partition coefficient (Wildman–Crippen LogP) is 3.24. The Balaban J connectivity index is 1.66. The first-order valence-electron chi connectivity index (χ1n) is 6.50. The van der Waals surface area contributed by atoms with Gasteiger partial charge in [0.05, 0.1) is 6.26 Å². The van der Waals surface area contributed by atoms with Gasteiger partial charge in [-0.05, 0) is 50.3 Å². The van der Waals surface area contributed by atoms with Crippen LogP contribution >= 0.6 is 0 Å². The van der Waals surface area contributed by atoms with Crippen molar-refractivity contribution in [2.75, 3.05) is 6.54 Å². The van der Waals surface area contributed by atoms with Gasteiger partial charge in [0.2, 0.25) is 0 Å². The minimum Gasteiger partial charge on any atom is -0.469 e. The number of nitrogens with one attached hydrogen (secondary N) is 1. The Labute approximate surface area is 98.4 Å². The summed E-state index contributed by atoms with van der Waals surface area (Å²) in [5, 5.41) is 3.62. The van der Waals surface area contributed by atoms with Crippen LogP contribution in [0.5, 0.6) is 0 Å². The zero-order chi connectivity index (χ0) is 11.4. The van der Waals surface area contributed by atoms with Gasteiger partial charge >= 0.3 is 0 Å². The van der Waals surface area contributed by atoms with E-state index in [9.17, 15) is 0 Å². The van der Waals surface area contributed by atoms with Crippen LogP contribution in [-0.2, 0) is 6.42 Å². The van der Waals surface area contributed by atoms with E-state index in [4.69, 9.17) is 4.42 Å². The number of hydrogen-bond acceptors (Lipinski definition) is 2. The van der Waals surface area contributed by atoms with E-state index < -0.39 is 0 Å². The fraction of sp³-hybridized carbons (Fsp3) is 0.714. The Morgan fingerprint density at radius 3 is 3.00 bits per heavy atom. The van der Waals surface area contributed by atoms with Crippen molar-refractivity contribution in [3.8, 4) is 0 Å². The van der Waals surface area contributed by atoms with Crippen molar-refractivity contribution in [2.45, 2.75) is 45.6 Å². The molecule has 2 heteroatoms. The summed E-state index contributed by atoms with van der Waals surface area (Å²) < 4.78 is 5.35. The van der Waals surface area contributed by atoms with Gasteiger partial charge in [-0.25, -0.2) is 0 Å². The van der Waals surface area contributed by atoms with E-state index in [1.54, 1.807) is 6.26 Å². The summed E-state index contributed by atoms with van der Waals surface area (Å²) in [5.74, 6) is 2.92. The lowest BCUT2D eigenvalue weighted by Gasteiger charge is -2.16. The molecule has 0 aliphatic heterocycles. The van der Waals surface area contributed by atoms with Crippen LogP contribution in [0.1, 0.15) is 38.9 Å². The summed E-state index contributed by atoms with van der Waals surface area (Å²) in [5.41, 5.74) is 0. The van der Waals surface area contributed by atoms with E-state index >= 15 is 0 Å². The van der Waals surface area contributed by atoms with Gasteiger partial charge in [-0.2, -0.15) is 0 Å². The van der Waals surface area contributed by atoms with Crippen LogP contribution in [0.25, 0.3) is 0 Å². The molecule has 0 bridgehead atoms. The molecule has 1 aromatic rings. The predicted molar refractivity (Wildman–Crippen MR) is 66.4 cm³/mol. The smallest absolute Gasteiger partial charge is 0.105 e. The van der Waals surface area contributed by atoms with E-state index in [1.165, 1.54) is 25.8 Å². The largest absolute Gasteiger partial charge is 0.469 e. The molecule has 1 N–H and O–H groups in total. The highest BCUT2D eigenvalue weighted by Crippen LogP contribution is 2.29. The van der Waals surface area contributed by atoms with Crippen molar-refractivity contribution in [1.29, 1.82) is 0 Å². The van der Waals surface area contributed by atoms with E-state index in [0.717, 1.165) is 24.0 Å². The lowest BCUT2D eigenvalue weighted by Crippen LogP contribution is -2.32. The second-order valence-electron chi connectivity index (χ2n) is 5.38. The van der Waals surface area contributed by atoms with Crippen molar-refractivity contribution in [1.82, 2.24) is 5.32 Å². The average molecular weight is 221 g/mol. The van der Waals surface area contributed by atoms with Crippen LogP contribution in [0, 0.1) is 11.8 Å². The van der Waals surface area contributed by atoms with E-state index in [1.807, 2.05) is 6.07 Å². The summed E-state index contributed by atoms with van der Waals surface area (Å²) in [6.07, 6.45) is 6.97. The van der Waals surface area contributed by atoms with Crippen LogP contribution in [0.15, 0.2) is 22.8 Å². The van der Waals surface area contributed by atoms with Crippen molar-refractivity contribution in [3.63, 3.8) is 0 Å². The molecule has 0 amide bonds. The number of furan rings is 1. The van der Waals surface area contributed by atoms with Gasteiger partial charge in [-0.15, -0.1) is 0 Å². The molecule has 0 saturated heterocycles. The van der Waals surface area contributed by atoms with Crippen LogP contribution in [0.3, 0.4) is 0 Å². The summed E-state index contributed by atoms with van der Waals surface area (Å²) in [6.45, 7) is 5.78. The molecule has 1 aliphatic rings. The maximum Gasteiger partial charge on any atom is 0.105 e. The normalized spacial score (nSPS) is 27.1. The fourth-order valence-corrected chi connectivity index (χ4v) is 2.68. The first kappa shape index (κ1) is 11.7. The molecule has 1 aromatic heterocycles. The lowest BCUT2D eigenvalue weighted by molar-refractivity contribution is 0.410. The third kappa shape index (κ3) is 3.38. The Kier molecular flexibility index (Phi) is 4.05. The second kappa shape index (κ2) is 5.53. The van der Waals surface area contributed by atoms with Gasteiger partial charge in [0.1, 0.15) is 5.76 Å². The number of rotatable bonds is 5. The highest BCUT2D eigenvalue weighted by atomic mass is 16.3. The maximum atomic E-state index is 5.35. The topological polar surface area (TPSA) is 25.2 Å². The Morgan fingerprint density at radius 2 is 2.38 bits per heavy atom. The third-order valence-corrected chi connectivity index (χ3v) is 3.65. The molecule has 2 nitrogen and oxygen atoms in total. The average Bonchev–Trinajstić information content (AvgIpc) is 2.87. The van der Waals surface area contributed by atoms with Gasteiger partial charge in [0.15, 0.2) is 0 Å². The zero-order valence-corrected chi connectivity index (χ0v) is 10.4. The standard InChI is InChI=1S/C14H23NO/c1-11-5-6-13(8-11)10-15-12(2)9-14-4-3-7-16-14/h3-4,7,11-13,15H,5-6,8-10H2,1-2H3. The molecule has 3 atom stereocenters. The van der Waals surface area contributed by atoms with Crippen LogP contribution in [0.4, 0.5) is 0 Å². The monoisotopic (exact) mass is 221 g/mol. The van der Waals surface area contributed by atoms with E-state index in [0.29, 0.717) is 6.04 Å². The molecular formula is C14H23NO. The molecule has 0 spiro atoms.